The summed E-state index contributed by atoms with van der Waals surface area (Å²) in [7, 11) is 0. The Hall–Kier alpha value is -2.56. The van der Waals surface area contributed by atoms with E-state index < -0.39 is 0 Å². The predicted molar refractivity (Wildman–Crippen MR) is 93.4 cm³/mol. The highest BCUT2D eigenvalue weighted by Gasteiger charge is 2.22. The van der Waals surface area contributed by atoms with E-state index in [4.69, 9.17) is 9.47 Å². The third-order valence-electron chi connectivity index (χ3n) is 4.16. The molecule has 1 heterocycles. The minimum Gasteiger partial charge on any atom is -0.494 e. The van der Waals surface area contributed by atoms with Gasteiger partial charge in [-0.3, -0.25) is 4.79 Å². The van der Waals surface area contributed by atoms with Crippen LogP contribution in [-0.4, -0.2) is 18.6 Å². The van der Waals surface area contributed by atoms with Crippen LogP contribution in [0.1, 0.15) is 30.5 Å². The maximum atomic E-state index is 13.6. The second-order valence-corrected chi connectivity index (χ2v) is 6.18. The van der Waals surface area contributed by atoms with E-state index in [-0.39, 0.29) is 24.2 Å². The number of halogens is 1. The van der Waals surface area contributed by atoms with E-state index in [1.165, 1.54) is 6.07 Å². The van der Waals surface area contributed by atoms with Crippen molar-refractivity contribution in [2.45, 2.75) is 39.3 Å². The Labute approximate surface area is 147 Å². The second kappa shape index (κ2) is 7.55. The quantitative estimate of drug-likeness (QED) is 0.874. The highest BCUT2D eigenvalue weighted by molar-refractivity contribution is 5.78. The normalized spacial score (nSPS) is 15.4. The molecule has 0 saturated carbocycles. The monoisotopic (exact) mass is 343 g/mol. The second-order valence-electron chi connectivity index (χ2n) is 6.18. The fourth-order valence-corrected chi connectivity index (χ4v) is 2.98. The molecule has 0 fully saturated rings. The molecule has 0 aromatic heterocycles. The molecule has 1 aliphatic rings. The Morgan fingerprint density at radius 1 is 1.32 bits per heavy atom. The fraction of sp³-hybridized carbons (Fsp3) is 0.350. The average molecular weight is 343 g/mol. The van der Waals surface area contributed by atoms with Crippen LogP contribution in [0.5, 0.6) is 11.5 Å². The van der Waals surface area contributed by atoms with E-state index in [1.54, 1.807) is 18.2 Å². The first-order chi connectivity index (χ1) is 12.1. The SMILES string of the molecule is CCOc1cc2c(cc1CNC(=O)Cc1ccccc1F)O[C@H](C)C2. The Bertz CT molecular complexity index is 776. The van der Waals surface area contributed by atoms with Gasteiger partial charge in [-0.15, -0.1) is 0 Å². The number of rotatable bonds is 6. The van der Waals surface area contributed by atoms with E-state index in [9.17, 15) is 9.18 Å². The van der Waals surface area contributed by atoms with Crippen molar-refractivity contribution in [1.82, 2.24) is 5.32 Å². The molecule has 0 unspecified atom stereocenters. The Morgan fingerprint density at radius 2 is 2.12 bits per heavy atom. The standard InChI is InChI=1S/C20H22FNO3/c1-3-24-18-9-15-8-13(2)25-19(15)10-16(18)12-22-20(23)11-14-6-4-5-7-17(14)21/h4-7,9-10,13H,3,8,11-12H2,1-2H3,(H,22,23)/t13-/m1/s1. The molecule has 0 spiro atoms. The first-order valence-electron chi connectivity index (χ1n) is 8.52. The molecule has 2 aromatic carbocycles. The van der Waals surface area contributed by atoms with Gasteiger partial charge in [0.15, 0.2) is 0 Å². The van der Waals surface area contributed by atoms with Crippen LogP contribution >= 0.6 is 0 Å². The number of carbonyl (C=O) groups is 1. The minimum absolute atomic E-state index is 0.00904. The summed E-state index contributed by atoms with van der Waals surface area (Å²) in [5.74, 6) is 0.995. The molecule has 5 heteroatoms. The van der Waals surface area contributed by atoms with Crippen LogP contribution in [-0.2, 0) is 24.2 Å². The average Bonchev–Trinajstić information content (AvgIpc) is 2.94. The molecule has 4 nitrogen and oxygen atoms in total. The predicted octanol–water partition coefficient (Wildman–Crippen LogP) is 3.41. The Balaban J connectivity index is 1.69. The molecule has 0 bridgehead atoms. The summed E-state index contributed by atoms with van der Waals surface area (Å²) in [4.78, 5) is 12.1. The van der Waals surface area contributed by atoms with Crippen molar-refractivity contribution in [3.05, 3.63) is 58.9 Å². The summed E-state index contributed by atoms with van der Waals surface area (Å²) in [5, 5.41) is 2.83. The van der Waals surface area contributed by atoms with Gasteiger partial charge >= 0.3 is 0 Å². The zero-order valence-electron chi connectivity index (χ0n) is 14.5. The molecular weight excluding hydrogens is 321 g/mol. The van der Waals surface area contributed by atoms with Crippen LogP contribution in [0, 0.1) is 5.82 Å². The van der Waals surface area contributed by atoms with Gasteiger partial charge in [0.05, 0.1) is 13.0 Å². The van der Waals surface area contributed by atoms with Gasteiger partial charge in [0.1, 0.15) is 23.4 Å². The number of amides is 1. The Morgan fingerprint density at radius 3 is 2.88 bits per heavy atom. The van der Waals surface area contributed by atoms with Crippen LogP contribution in [0.25, 0.3) is 0 Å². The third-order valence-corrected chi connectivity index (χ3v) is 4.16. The fourth-order valence-electron chi connectivity index (χ4n) is 2.98. The number of benzene rings is 2. The van der Waals surface area contributed by atoms with Gasteiger partial charge in [-0.25, -0.2) is 4.39 Å². The van der Waals surface area contributed by atoms with Crippen molar-refractivity contribution >= 4 is 5.91 Å². The molecule has 0 saturated heterocycles. The van der Waals surface area contributed by atoms with Gasteiger partial charge in [0.25, 0.3) is 0 Å². The number of hydrogen-bond donors (Lipinski definition) is 1. The molecule has 132 valence electrons. The Kier molecular flexibility index (Phi) is 5.22. The van der Waals surface area contributed by atoms with Gasteiger partial charge in [0, 0.05) is 24.1 Å². The summed E-state index contributed by atoms with van der Waals surface area (Å²) >= 11 is 0. The molecule has 0 radical (unpaired) electrons. The van der Waals surface area contributed by atoms with Crippen molar-refractivity contribution in [2.24, 2.45) is 0 Å². The number of nitrogens with one attached hydrogen (secondary N) is 1. The zero-order valence-corrected chi connectivity index (χ0v) is 14.5. The van der Waals surface area contributed by atoms with E-state index in [0.29, 0.717) is 18.7 Å². The first kappa shape index (κ1) is 17.3. The summed E-state index contributed by atoms with van der Waals surface area (Å²) in [6.07, 6.45) is 1.01. The molecule has 3 rings (SSSR count). The number of ether oxygens (including phenoxy) is 2. The van der Waals surface area contributed by atoms with Gasteiger partial charge in [0.2, 0.25) is 5.91 Å². The molecule has 2 aromatic rings. The summed E-state index contributed by atoms with van der Waals surface area (Å²) in [6, 6.07) is 10.2. The molecular formula is C20H22FNO3. The number of hydrogen-bond acceptors (Lipinski definition) is 3. The summed E-state index contributed by atoms with van der Waals surface area (Å²) in [5.41, 5.74) is 2.37. The van der Waals surface area contributed by atoms with Gasteiger partial charge < -0.3 is 14.8 Å². The van der Waals surface area contributed by atoms with E-state index >= 15 is 0 Å². The summed E-state index contributed by atoms with van der Waals surface area (Å²) < 4.78 is 25.1. The largest absolute Gasteiger partial charge is 0.494 e. The topological polar surface area (TPSA) is 47.6 Å². The molecule has 1 amide bonds. The number of fused-ring (bicyclic) bond motifs is 1. The lowest BCUT2D eigenvalue weighted by Crippen LogP contribution is -2.25. The van der Waals surface area contributed by atoms with Crippen molar-refractivity contribution in [3.63, 3.8) is 0 Å². The van der Waals surface area contributed by atoms with E-state index in [2.05, 4.69) is 5.32 Å². The molecule has 0 aliphatic carbocycles. The van der Waals surface area contributed by atoms with Crippen molar-refractivity contribution < 1.29 is 18.7 Å². The molecule has 1 N–H and O–H groups in total. The van der Waals surface area contributed by atoms with Gasteiger partial charge in [-0.05, 0) is 37.6 Å². The lowest BCUT2D eigenvalue weighted by Gasteiger charge is -2.13. The maximum absolute atomic E-state index is 13.6. The lowest BCUT2D eigenvalue weighted by atomic mass is 10.1. The molecule has 1 aliphatic heterocycles. The van der Waals surface area contributed by atoms with E-state index in [1.807, 2.05) is 26.0 Å². The third kappa shape index (κ3) is 4.10. The minimum atomic E-state index is -0.368. The van der Waals surface area contributed by atoms with Crippen LogP contribution in [0.2, 0.25) is 0 Å². The van der Waals surface area contributed by atoms with E-state index in [0.717, 1.165) is 29.0 Å². The summed E-state index contributed by atoms with van der Waals surface area (Å²) in [6.45, 7) is 4.81. The molecule has 1 atom stereocenters. The maximum Gasteiger partial charge on any atom is 0.224 e. The van der Waals surface area contributed by atoms with Crippen molar-refractivity contribution in [3.8, 4) is 11.5 Å². The van der Waals surface area contributed by atoms with Gasteiger partial charge in [-0.1, -0.05) is 18.2 Å². The van der Waals surface area contributed by atoms with Gasteiger partial charge in [-0.2, -0.15) is 0 Å². The number of carbonyl (C=O) groups excluding carboxylic acids is 1. The van der Waals surface area contributed by atoms with Crippen LogP contribution < -0.4 is 14.8 Å². The van der Waals surface area contributed by atoms with Crippen LogP contribution in [0.15, 0.2) is 36.4 Å². The van der Waals surface area contributed by atoms with Crippen molar-refractivity contribution in [2.75, 3.05) is 6.61 Å². The van der Waals surface area contributed by atoms with Crippen LogP contribution in [0.4, 0.5) is 4.39 Å². The zero-order chi connectivity index (χ0) is 17.8. The lowest BCUT2D eigenvalue weighted by molar-refractivity contribution is -0.120. The highest BCUT2D eigenvalue weighted by atomic mass is 19.1. The smallest absolute Gasteiger partial charge is 0.224 e. The highest BCUT2D eigenvalue weighted by Crippen LogP contribution is 2.35. The van der Waals surface area contributed by atoms with Crippen molar-refractivity contribution in [1.29, 1.82) is 0 Å². The first-order valence-corrected chi connectivity index (χ1v) is 8.52. The molecule has 25 heavy (non-hydrogen) atoms. The van der Waals surface area contributed by atoms with Crippen LogP contribution in [0.3, 0.4) is 0 Å².